The van der Waals surface area contributed by atoms with Gasteiger partial charge in [0.05, 0.1) is 0 Å². The first-order valence-electron chi connectivity index (χ1n) is 7.46. The molecule has 0 spiro atoms. The van der Waals surface area contributed by atoms with Crippen LogP contribution in [0, 0.1) is 0 Å². The molecule has 0 fully saturated rings. The molecule has 0 aliphatic rings. The molecular formula is C18H14F3NO4. The number of carbonyl (C=O) groups is 3. The van der Waals surface area contributed by atoms with E-state index in [9.17, 15) is 27.6 Å². The van der Waals surface area contributed by atoms with E-state index in [1.165, 1.54) is 36.4 Å². The summed E-state index contributed by atoms with van der Waals surface area (Å²) in [6.45, 7) is -0.659. The summed E-state index contributed by atoms with van der Waals surface area (Å²) in [5.74, 6) is -3.97. The molecule has 0 aromatic heterocycles. The molecule has 1 atom stereocenters. The molecular weight excluding hydrogens is 351 g/mol. The zero-order chi connectivity index (χ0) is 19.2. The van der Waals surface area contributed by atoms with E-state index in [1.54, 1.807) is 29.6 Å². The van der Waals surface area contributed by atoms with Crippen molar-refractivity contribution in [1.82, 2.24) is 5.32 Å². The number of ether oxygens (including phenoxy) is 1. The van der Waals surface area contributed by atoms with Gasteiger partial charge in [-0.25, -0.2) is 4.79 Å². The quantitative estimate of drug-likeness (QED) is 0.631. The lowest BCUT2D eigenvalue weighted by molar-refractivity contribution is -0.176. The smallest absolute Gasteiger partial charge is 0.455 e. The number of halogens is 3. The summed E-state index contributed by atoms with van der Waals surface area (Å²) in [5.41, 5.74) is 0.387. The maximum absolute atomic E-state index is 12.5. The second kappa shape index (κ2) is 8.28. The van der Waals surface area contributed by atoms with Gasteiger partial charge in [0.15, 0.2) is 18.4 Å². The van der Waals surface area contributed by atoms with Crippen molar-refractivity contribution in [3.8, 4) is 0 Å². The van der Waals surface area contributed by atoms with Gasteiger partial charge in [-0.2, -0.15) is 13.2 Å². The van der Waals surface area contributed by atoms with Crippen molar-refractivity contribution < 1.29 is 32.3 Å². The topological polar surface area (TPSA) is 72.5 Å². The normalized spacial score (nSPS) is 12.1. The van der Waals surface area contributed by atoms with Crippen molar-refractivity contribution in [2.45, 2.75) is 12.2 Å². The summed E-state index contributed by atoms with van der Waals surface area (Å²) < 4.78 is 42.3. The highest BCUT2D eigenvalue weighted by atomic mass is 19.4. The Morgan fingerprint density at radius 2 is 1.46 bits per heavy atom. The van der Waals surface area contributed by atoms with Gasteiger partial charge in [0.25, 0.3) is 0 Å². The third-order valence-corrected chi connectivity index (χ3v) is 3.34. The van der Waals surface area contributed by atoms with E-state index in [1.807, 2.05) is 0 Å². The van der Waals surface area contributed by atoms with Crippen LogP contribution < -0.4 is 5.32 Å². The van der Waals surface area contributed by atoms with Crippen molar-refractivity contribution in [3.05, 3.63) is 71.8 Å². The Hall–Kier alpha value is -3.16. The molecule has 5 nitrogen and oxygen atoms in total. The molecule has 0 heterocycles. The average Bonchev–Trinajstić information content (AvgIpc) is 2.64. The Morgan fingerprint density at radius 3 is 2.00 bits per heavy atom. The number of benzene rings is 2. The highest BCUT2D eigenvalue weighted by molar-refractivity contribution is 5.98. The molecule has 0 bridgehead atoms. The summed E-state index contributed by atoms with van der Waals surface area (Å²) in [7, 11) is 0. The van der Waals surface area contributed by atoms with E-state index in [-0.39, 0.29) is 11.1 Å². The Labute approximate surface area is 146 Å². The van der Waals surface area contributed by atoms with Gasteiger partial charge in [-0.1, -0.05) is 60.7 Å². The monoisotopic (exact) mass is 365 g/mol. The Bertz CT molecular complexity index is 776. The van der Waals surface area contributed by atoms with Gasteiger partial charge in [0.2, 0.25) is 0 Å². The van der Waals surface area contributed by atoms with Crippen LogP contribution in [0.3, 0.4) is 0 Å². The van der Waals surface area contributed by atoms with Gasteiger partial charge < -0.3 is 10.1 Å². The number of amides is 1. The number of esters is 1. The minimum atomic E-state index is -5.16. The van der Waals surface area contributed by atoms with Crippen molar-refractivity contribution in [2.24, 2.45) is 0 Å². The second-order valence-corrected chi connectivity index (χ2v) is 5.21. The van der Waals surface area contributed by atoms with Crippen LogP contribution >= 0.6 is 0 Å². The van der Waals surface area contributed by atoms with Gasteiger partial charge in [0.1, 0.15) is 0 Å². The third-order valence-electron chi connectivity index (χ3n) is 3.34. The number of Topliss-reactive ketones (excluding diaryl/α,β-unsaturated/α-hetero) is 1. The molecule has 1 N–H and O–H groups in total. The molecule has 0 radical (unpaired) electrons. The number of carbonyl (C=O) groups excluding carboxylic acids is 3. The van der Waals surface area contributed by atoms with Crippen LogP contribution in [0.25, 0.3) is 0 Å². The van der Waals surface area contributed by atoms with Gasteiger partial charge in [0, 0.05) is 5.56 Å². The molecule has 26 heavy (non-hydrogen) atoms. The van der Waals surface area contributed by atoms with Crippen molar-refractivity contribution >= 4 is 17.7 Å². The van der Waals surface area contributed by atoms with Gasteiger partial charge in [-0.15, -0.1) is 0 Å². The fourth-order valence-electron chi connectivity index (χ4n) is 2.06. The minimum absolute atomic E-state index is 0.0993. The van der Waals surface area contributed by atoms with E-state index in [0.29, 0.717) is 0 Å². The maximum Gasteiger partial charge on any atom is 0.471 e. The van der Waals surface area contributed by atoms with Crippen LogP contribution in [0.2, 0.25) is 0 Å². The molecule has 0 unspecified atom stereocenters. The summed E-state index contributed by atoms with van der Waals surface area (Å²) in [6.07, 6.45) is -5.16. The standard InChI is InChI=1S/C18H14F3NO4/c19-18(20,21)17(25)22-15(13-9-5-2-6-10-13)16(24)26-11-14(23)12-7-3-1-4-8-12/h1-10,15H,11H2,(H,22,25)/t15-/m1/s1. The summed E-state index contributed by atoms with van der Waals surface area (Å²) >= 11 is 0. The summed E-state index contributed by atoms with van der Waals surface area (Å²) in [5, 5.41) is 1.59. The number of nitrogens with one attached hydrogen (secondary N) is 1. The first-order chi connectivity index (χ1) is 12.3. The van der Waals surface area contributed by atoms with Crippen LogP contribution in [-0.2, 0) is 14.3 Å². The highest BCUT2D eigenvalue weighted by Crippen LogP contribution is 2.20. The van der Waals surface area contributed by atoms with Crippen molar-refractivity contribution in [3.63, 3.8) is 0 Å². The predicted octanol–water partition coefficient (Wildman–Crippen LogP) is 2.83. The lowest BCUT2D eigenvalue weighted by Crippen LogP contribution is -2.42. The summed E-state index contributed by atoms with van der Waals surface area (Å²) in [6, 6.07) is 13.6. The van der Waals surface area contributed by atoms with E-state index < -0.39 is 36.5 Å². The lowest BCUT2D eigenvalue weighted by atomic mass is 10.1. The molecule has 0 aliphatic heterocycles. The molecule has 136 valence electrons. The van der Waals surface area contributed by atoms with Crippen LogP contribution in [-0.4, -0.2) is 30.4 Å². The van der Waals surface area contributed by atoms with Crippen LogP contribution in [0.5, 0.6) is 0 Å². The van der Waals surface area contributed by atoms with Gasteiger partial charge in [-0.05, 0) is 5.56 Å². The van der Waals surface area contributed by atoms with Gasteiger partial charge >= 0.3 is 18.1 Å². The molecule has 1 amide bonds. The lowest BCUT2D eigenvalue weighted by Gasteiger charge is -2.18. The number of alkyl halides is 3. The Morgan fingerprint density at radius 1 is 0.923 bits per heavy atom. The Kier molecular flexibility index (Phi) is 6.11. The molecule has 0 saturated heterocycles. The number of rotatable bonds is 6. The van der Waals surface area contributed by atoms with Gasteiger partial charge in [-0.3, -0.25) is 9.59 Å². The fourth-order valence-corrected chi connectivity index (χ4v) is 2.06. The largest absolute Gasteiger partial charge is 0.471 e. The average molecular weight is 365 g/mol. The first-order valence-corrected chi connectivity index (χ1v) is 7.46. The number of hydrogen-bond acceptors (Lipinski definition) is 4. The zero-order valence-electron chi connectivity index (χ0n) is 13.3. The van der Waals surface area contributed by atoms with Crippen LogP contribution in [0.4, 0.5) is 13.2 Å². The highest BCUT2D eigenvalue weighted by Gasteiger charge is 2.41. The fraction of sp³-hybridized carbons (Fsp3) is 0.167. The number of hydrogen-bond donors (Lipinski definition) is 1. The van der Waals surface area contributed by atoms with E-state index in [0.717, 1.165) is 0 Å². The second-order valence-electron chi connectivity index (χ2n) is 5.21. The van der Waals surface area contributed by atoms with Crippen molar-refractivity contribution in [2.75, 3.05) is 6.61 Å². The molecule has 0 saturated carbocycles. The third kappa shape index (κ3) is 5.17. The maximum atomic E-state index is 12.5. The predicted molar refractivity (Wildman–Crippen MR) is 85.1 cm³/mol. The van der Waals surface area contributed by atoms with Crippen LogP contribution in [0.1, 0.15) is 22.0 Å². The molecule has 0 aliphatic carbocycles. The molecule has 8 heteroatoms. The minimum Gasteiger partial charge on any atom is -0.455 e. The SMILES string of the molecule is O=C(COC(=O)[C@H](NC(=O)C(F)(F)F)c1ccccc1)c1ccccc1. The summed E-state index contributed by atoms with van der Waals surface area (Å²) in [4.78, 5) is 35.3. The van der Waals surface area contributed by atoms with E-state index in [2.05, 4.69) is 0 Å². The molecule has 2 rings (SSSR count). The van der Waals surface area contributed by atoms with Crippen LogP contribution in [0.15, 0.2) is 60.7 Å². The first kappa shape index (κ1) is 19.2. The van der Waals surface area contributed by atoms with E-state index >= 15 is 0 Å². The van der Waals surface area contributed by atoms with E-state index in [4.69, 9.17) is 4.74 Å². The molecule has 2 aromatic rings. The molecule has 2 aromatic carbocycles. The van der Waals surface area contributed by atoms with Crippen molar-refractivity contribution in [1.29, 1.82) is 0 Å². The number of ketones is 1. The Balaban J connectivity index is 2.10. The zero-order valence-corrected chi connectivity index (χ0v) is 13.3.